The molecule has 0 aromatic heterocycles. The minimum Gasteiger partial charge on any atom is -0.396 e. The standard InChI is InChI=1S/C13H19NO/c15-11-13-7-4-8-14(10-13)9-12-5-2-1-3-6-12/h1-3,5-6,13,15H,4,7-11H2/t13-/m0/s1. The van der Waals surface area contributed by atoms with Crippen LogP contribution in [0.25, 0.3) is 0 Å². The van der Waals surface area contributed by atoms with E-state index in [2.05, 4.69) is 35.2 Å². The van der Waals surface area contributed by atoms with Gasteiger partial charge in [0.2, 0.25) is 0 Å². The molecule has 0 bridgehead atoms. The quantitative estimate of drug-likeness (QED) is 0.814. The van der Waals surface area contributed by atoms with Gasteiger partial charge in [0, 0.05) is 19.7 Å². The third kappa shape index (κ3) is 3.05. The van der Waals surface area contributed by atoms with Crippen LogP contribution in [0.2, 0.25) is 0 Å². The van der Waals surface area contributed by atoms with Gasteiger partial charge in [0.05, 0.1) is 0 Å². The molecule has 1 fully saturated rings. The van der Waals surface area contributed by atoms with Crippen LogP contribution in [-0.2, 0) is 6.54 Å². The maximum absolute atomic E-state index is 9.15. The largest absolute Gasteiger partial charge is 0.396 e. The van der Waals surface area contributed by atoms with E-state index in [4.69, 9.17) is 5.11 Å². The van der Waals surface area contributed by atoms with E-state index in [0.717, 1.165) is 13.1 Å². The number of benzene rings is 1. The molecule has 0 radical (unpaired) electrons. The molecule has 0 unspecified atom stereocenters. The van der Waals surface area contributed by atoms with Gasteiger partial charge in [-0.15, -0.1) is 0 Å². The number of hydrogen-bond acceptors (Lipinski definition) is 2. The van der Waals surface area contributed by atoms with Crippen LogP contribution in [0.15, 0.2) is 30.3 Å². The van der Waals surface area contributed by atoms with Crippen molar-refractivity contribution in [2.45, 2.75) is 19.4 Å². The predicted molar refractivity (Wildman–Crippen MR) is 61.5 cm³/mol. The minimum atomic E-state index is 0.339. The SMILES string of the molecule is OC[C@H]1CCCN(Cc2ccccc2)C1. The molecule has 1 aliphatic heterocycles. The van der Waals surface area contributed by atoms with Gasteiger partial charge in [0.15, 0.2) is 0 Å². The van der Waals surface area contributed by atoms with Crippen LogP contribution < -0.4 is 0 Å². The van der Waals surface area contributed by atoms with E-state index in [1.54, 1.807) is 0 Å². The zero-order chi connectivity index (χ0) is 10.5. The fourth-order valence-corrected chi connectivity index (χ4v) is 2.29. The Morgan fingerprint density at radius 1 is 1.27 bits per heavy atom. The summed E-state index contributed by atoms with van der Waals surface area (Å²) in [6.07, 6.45) is 2.40. The van der Waals surface area contributed by atoms with Crippen molar-refractivity contribution < 1.29 is 5.11 Å². The summed E-state index contributed by atoms with van der Waals surface area (Å²) in [6.45, 7) is 3.58. The van der Waals surface area contributed by atoms with Crippen molar-refractivity contribution in [3.8, 4) is 0 Å². The summed E-state index contributed by atoms with van der Waals surface area (Å²) < 4.78 is 0. The van der Waals surface area contributed by atoms with Crippen LogP contribution in [0, 0.1) is 5.92 Å². The molecule has 1 saturated heterocycles. The number of likely N-dealkylation sites (tertiary alicyclic amines) is 1. The average Bonchev–Trinajstić information content (AvgIpc) is 2.31. The van der Waals surface area contributed by atoms with Crippen LogP contribution in [-0.4, -0.2) is 29.7 Å². The zero-order valence-corrected chi connectivity index (χ0v) is 9.10. The number of hydrogen-bond donors (Lipinski definition) is 1. The van der Waals surface area contributed by atoms with Crippen molar-refractivity contribution in [1.82, 2.24) is 4.90 Å². The molecular weight excluding hydrogens is 186 g/mol. The zero-order valence-electron chi connectivity index (χ0n) is 9.10. The number of piperidine rings is 1. The van der Waals surface area contributed by atoms with E-state index in [-0.39, 0.29) is 0 Å². The fraction of sp³-hybridized carbons (Fsp3) is 0.538. The van der Waals surface area contributed by atoms with Crippen LogP contribution in [0.4, 0.5) is 0 Å². The lowest BCUT2D eigenvalue weighted by molar-refractivity contribution is 0.116. The lowest BCUT2D eigenvalue weighted by atomic mass is 9.98. The maximum atomic E-state index is 9.15. The molecule has 1 heterocycles. The van der Waals surface area contributed by atoms with Crippen LogP contribution in [0.1, 0.15) is 18.4 Å². The molecule has 2 nitrogen and oxygen atoms in total. The van der Waals surface area contributed by atoms with E-state index in [1.807, 2.05) is 0 Å². The fourth-order valence-electron chi connectivity index (χ4n) is 2.29. The Balaban J connectivity index is 1.89. The van der Waals surface area contributed by atoms with Gasteiger partial charge in [-0.25, -0.2) is 0 Å². The summed E-state index contributed by atoms with van der Waals surface area (Å²) in [5, 5.41) is 9.15. The van der Waals surface area contributed by atoms with Gasteiger partial charge in [-0.2, -0.15) is 0 Å². The van der Waals surface area contributed by atoms with Crippen LogP contribution >= 0.6 is 0 Å². The van der Waals surface area contributed by atoms with E-state index >= 15 is 0 Å². The Labute approximate surface area is 91.5 Å². The van der Waals surface area contributed by atoms with Gasteiger partial charge in [-0.1, -0.05) is 30.3 Å². The summed E-state index contributed by atoms with van der Waals surface area (Å²) in [7, 11) is 0. The molecule has 2 rings (SSSR count). The van der Waals surface area contributed by atoms with E-state index in [9.17, 15) is 0 Å². The third-order valence-corrected chi connectivity index (χ3v) is 3.11. The molecule has 1 aliphatic rings. The van der Waals surface area contributed by atoms with E-state index < -0.39 is 0 Å². The summed E-state index contributed by atoms with van der Waals surface area (Å²) in [6, 6.07) is 10.6. The molecule has 1 atom stereocenters. The molecule has 0 amide bonds. The number of aliphatic hydroxyl groups excluding tert-OH is 1. The molecule has 1 aromatic carbocycles. The van der Waals surface area contributed by atoms with Crippen LogP contribution in [0.3, 0.4) is 0 Å². The molecule has 0 aliphatic carbocycles. The highest BCUT2D eigenvalue weighted by Crippen LogP contribution is 2.17. The molecule has 82 valence electrons. The van der Waals surface area contributed by atoms with Gasteiger partial charge in [0.25, 0.3) is 0 Å². The van der Waals surface area contributed by atoms with Crippen molar-refractivity contribution in [1.29, 1.82) is 0 Å². The second kappa shape index (κ2) is 5.29. The summed E-state index contributed by atoms with van der Waals surface area (Å²) >= 11 is 0. The van der Waals surface area contributed by atoms with Gasteiger partial charge in [-0.3, -0.25) is 4.90 Å². The summed E-state index contributed by atoms with van der Waals surface area (Å²) in [5.41, 5.74) is 1.37. The van der Waals surface area contributed by atoms with Crippen molar-refractivity contribution in [2.24, 2.45) is 5.92 Å². The maximum Gasteiger partial charge on any atom is 0.0471 e. The lowest BCUT2D eigenvalue weighted by Gasteiger charge is -2.31. The summed E-state index contributed by atoms with van der Waals surface area (Å²) in [4.78, 5) is 2.44. The molecule has 15 heavy (non-hydrogen) atoms. The third-order valence-electron chi connectivity index (χ3n) is 3.11. The highest BCUT2D eigenvalue weighted by atomic mass is 16.3. The lowest BCUT2D eigenvalue weighted by Crippen LogP contribution is -2.36. The smallest absolute Gasteiger partial charge is 0.0471 e. The van der Waals surface area contributed by atoms with Gasteiger partial charge < -0.3 is 5.11 Å². The molecule has 1 N–H and O–H groups in total. The number of nitrogens with zero attached hydrogens (tertiary/aromatic N) is 1. The molecule has 1 aromatic rings. The Morgan fingerprint density at radius 3 is 2.80 bits per heavy atom. The monoisotopic (exact) mass is 205 g/mol. The summed E-state index contributed by atoms with van der Waals surface area (Å²) in [5.74, 6) is 0.488. The first-order valence-corrected chi connectivity index (χ1v) is 5.75. The molecule has 0 spiro atoms. The Hall–Kier alpha value is -0.860. The highest BCUT2D eigenvalue weighted by molar-refractivity contribution is 5.14. The average molecular weight is 205 g/mol. The normalized spacial score (nSPS) is 22.9. The van der Waals surface area contributed by atoms with Crippen molar-refractivity contribution >= 4 is 0 Å². The Morgan fingerprint density at radius 2 is 2.07 bits per heavy atom. The Bertz CT molecular complexity index is 286. The van der Waals surface area contributed by atoms with E-state index in [1.165, 1.54) is 24.9 Å². The van der Waals surface area contributed by atoms with Crippen molar-refractivity contribution in [3.05, 3.63) is 35.9 Å². The minimum absolute atomic E-state index is 0.339. The first-order chi connectivity index (χ1) is 7.38. The van der Waals surface area contributed by atoms with Crippen LogP contribution in [0.5, 0.6) is 0 Å². The van der Waals surface area contributed by atoms with Gasteiger partial charge in [-0.05, 0) is 30.9 Å². The first-order valence-electron chi connectivity index (χ1n) is 5.75. The second-order valence-corrected chi connectivity index (χ2v) is 4.41. The second-order valence-electron chi connectivity index (χ2n) is 4.41. The predicted octanol–water partition coefficient (Wildman–Crippen LogP) is 1.89. The van der Waals surface area contributed by atoms with Gasteiger partial charge >= 0.3 is 0 Å². The molecule has 0 saturated carbocycles. The molecule has 2 heteroatoms. The van der Waals surface area contributed by atoms with Gasteiger partial charge in [0.1, 0.15) is 0 Å². The van der Waals surface area contributed by atoms with Crippen molar-refractivity contribution in [3.63, 3.8) is 0 Å². The highest BCUT2D eigenvalue weighted by Gasteiger charge is 2.18. The molecular formula is C13H19NO. The Kier molecular flexibility index (Phi) is 3.75. The van der Waals surface area contributed by atoms with E-state index in [0.29, 0.717) is 12.5 Å². The van der Waals surface area contributed by atoms with Crippen molar-refractivity contribution in [2.75, 3.05) is 19.7 Å². The number of rotatable bonds is 3. The number of aliphatic hydroxyl groups is 1. The first kappa shape index (κ1) is 10.7. The topological polar surface area (TPSA) is 23.5 Å².